The average Bonchev–Trinajstić information content (AvgIpc) is 2.79. The molecule has 3 rings (SSSR count). The second-order valence-electron chi connectivity index (χ2n) is 7.11. The minimum Gasteiger partial charge on any atom is -0.508 e. The molecule has 0 radical (unpaired) electrons. The third kappa shape index (κ3) is 1.52. The van der Waals surface area contributed by atoms with Gasteiger partial charge in [0.15, 0.2) is 0 Å². The van der Waals surface area contributed by atoms with E-state index in [2.05, 4.69) is 32.9 Å². The Morgan fingerprint density at radius 2 is 1.94 bits per heavy atom. The summed E-state index contributed by atoms with van der Waals surface area (Å²) in [5, 5.41) is 10.2. The maximum atomic E-state index is 10.2. The summed E-state index contributed by atoms with van der Waals surface area (Å²) in [6.07, 6.45) is 2.62. The number of hydrogen-bond acceptors (Lipinski definition) is 1. The van der Waals surface area contributed by atoms with Gasteiger partial charge >= 0.3 is 0 Å². The summed E-state index contributed by atoms with van der Waals surface area (Å²) in [5.74, 6) is 3.46. The zero-order valence-electron chi connectivity index (χ0n) is 11.9. The molecule has 1 N–H and O–H groups in total. The van der Waals surface area contributed by atoms with Gasteiger partial charge in [-0.1, -0.05) is 32.9 Å². The first kappa shape index (κ1) is 12.1. The van der Waals surface area contributed by atoms with E-state index in [4.69, 9.17) is 0 Å². The van der Waals surface area contributed by atoms with E-state index < -0.39 is 0 Å². The van der Waals surface area contributed by atoms with Crippen LogP contribution in [0.3, 0.4) is 0 Å². The Hall–Kier alpha value is -0.980. The molecule has 2 aliphatic rings. The number of phenols is 1. The first-order valence-corrected chi connectivity index (χ1v) is 7.20. The Morgan fingerprint density at radius 1 is 1.22 bits per heavy atom. The van der Waals surface area contributed by atoms with E-state index in [1.807, 2.05) is 13.0 Å². The molecule has 0 heterocycles. The van der Waals surface area contributed by atoms with Gasteiger partial charge < -0.3 is 5.11 Å². The van der Waals surface area contributed by atoms with E-state index in [-0.39, 0.29) is 0 Å². The summed E-state index contributed by atoms with van der Waals surface area (Å²) >= 11 is 0. The van der Waals surface area contributed by atoms with Crippen LogP contribution < -0.4 is 0 Å². The van der Waals surface area contributed by atoms with Gasteiger partial charge in [0.05, 0.1) is 0 Å². The summed E-state index contributed by atoms with van der Waals surface area (Å²) in [4.78, 5) is 0. The molecule has 1 heteroatoms. The molecule has 2 bridgehead atoms. The van der Waals surface area contributed by atoms with Crippen LogP contribution in [0.2, 0.25) is 0 Å². The minimum absolute atomic E-state index is 0.488. The number of aromatic hydroxyl groups is 1. The second-order valence-corrected chi connectivity index (χ2v) is 7.11. The molecule has 0 aromatic heterocycles. The van der Waals surface area contributed by atoms with Crippen LogP contribution in [0.4, 0.5) is 0 Å². The van der Waals surface area contributed by atoms with Crippen LogP contribution in [0.5, 0.6) is 5.75 Å². The highest BCUT2D eigenvalue weighted by Crippen LogP contribution is 2.64. The minimum atomic E-state index is 0.488. The van der Waals surface area contributed by atoms with Crippen molar-refractivity contribution in [3.05, 3.63) is 29.3 Å². The number of fused-ring (bicyclic) bond motifs is 2. The molecule has 2 saturated carbocycles. The van der Waals surface area contributed by atoms with Gasteiger partial charge in [0.25, 0.3) is 0 Å². The van der Waals surface area contributed by atoms with Crippen LogP contribution in [0, 0.1) is 30.1 Å². The molecule has 98 valence electrons. The molecule has 2 aliphatic carbocycles. The summed E-state index contributed by atoms with van der Waals surface area (Å²) in [6, 6.07) is 6.20. The lowest BCUT2D eigenvalue weighted by Gasteiger charge is -2.40. The van der Waals surface area contributed by atoms with Crippen LogP contribution in [-0.4, -0.2) is 5.11 Å². The standard InChI is InChI=1S/C17H24O/c1-10-5-6-13(16(18)7-10)15-9-12-8-14(15)11(2)17(12,3)4/h5-7,11-12,14-15,18H,8-9H2,1-4H3/t11-,12+,14-,15-/m0/s1. The van der Waals surface area contributed by atoms with Crippen molar-refractivity contribution in [3.8, 4) is 5.75 Å². The fraction of sp³-hybridized carbons (Fsp3) is 0.647. The number of hydrogen-bond donors (Lipinski definition) is 1. The third-order valence-electron chi connectivity index (χ3n) is 6.07. The van der Waals surface area contributed by atoms with Gasteiger partial charge in [-0.05, 0) is 66.0 Å². The van der Waals surface area contributed by atoms with Crippen LogP contribution >= 0.6 is 0 Å². The van der Waals surface area contributed by atoms with Crippen molar-refractivity contribution in [2.24, 2.45) is 23.2 Å². The fourth-order valence-corrected chi connectivity index (χ4v) is 4.48. The van der Waals surface area contributed by atoms with Crippen molar-refractivity contribution in [1.29, 1.82) is 0 Å². The quantitative estimate of drug-likeness (QED) is 0.772. The highest BCUT2D eigenvalue weighted by Gasteiger charge is 2.55. The van der Waals surface area contributed by atoms with Gasteiger partial charge in [0, 0.05) is 0 Å². The largest absolute Gasteiger partial charge is 0.508 e. The smallest absolute Gasteiger partial charge is 0.119 e. The molecule has 1 aromatic carbocycles. The first-order chi connectivity index (χ1) is 8.41. The van der Waals surface area contributed by atoms with Crippen molar-refractivity contribution >= 4 is 0 Å². The van der Waals surface area contributed by atoms with Crippen molar-refractivity contribution in [2.75, 3.05) is 0 Å². The van der Waals surface area contributed by atoms with Crippen molar-refractivity contribution in [1.82, 2.24) is 0 Å². The van der Waals surface area contributed by atoms with Gasteiger partial charge in [-0.3, -0.25) is 0 Å². The van der Waals surface area contributed by atoms with E-state index in [1.54, 1.807) is 0 Å². The number of aryl methyl sites for hydroxylation is 1. The fourth-order valence-electron chi connectivity index (χ4n) is 4.48. The number of phenolic OH excluding ortho intramolecular Hbond substituents is 1. The molecule has 18 heavy (non-hydrogen) atoms. The Balaban J connectivity index is 1.93. The monoisotopic (exact) mass is 244 g/mol. The number of rotatable bonds is 1. The van der Waals surface area contributed by atoms with E-state index in [1.165, 1.54) is 18.4 Å². The molecule has 0 aliphatic heterocycles. The molecule has 1 nitrogen and oxygen atoms in total. The SMILES string of the molecule is Cc1ccc([C@@H]2C[C@H]3C[C@H]2[C@H](C)C3(C)C)c(O)c1. The maximum Gasteiger partial charge on any atom is 0.119 e. The Bertz CT molecular complexity index is 470. The topological polar surface area (TPSA) is 20.2 Å². The van der Waals surface area contributed by atoms with Crippen molar-refractivity contribution in [2.45, 2.75) is 46.5 Å². The summed E-state index contributed by atoms with van der Waals surface area (Å²) < 4.78 is 0. The van der Waals surface area contributed by atoms with Gasteiger partial charge in [0.1, 0.15) is 5.75 Å². The maximum absolute atomic E-state index is 10.2. The molecular formula is C17H24O. The highest BCUT2D eigenvalue weighted by atomic mass is 16.3. The zero-order chi connectivity index (χ0) is 13.1. The van der Waals surface area contributed by atoms with E-state index in [0.29, 0.717) is 17.1 Å². The van der Waals surface area contributed by atoms with Gasteiger partial charge in [0.2, 0.25) is 0 Å². The van der Waals surface area contributed by atoms with Crippen LogP contribution in [-0.2, 0) is 0 Å². The molecule has 0 amide bonds. The normalized spacial score (nSPS) is 37.1. The Labute approximate surface area is 110 Å². The van der Waals surface area contributed by atoms with Crippen LogP contribution in [0.15, 0.2) is 18.2 Å². The molecule has 0 saturated heterocycles. The Morgan fingerprint density at radius 3 is 2.50 bits per heavy atom. The highest BCUT2D eigenvalue weighted by molar-refractivity contribution is 5.40. The zero-order valence-corrected chi connectivity index (χ0v) is 11.9. The molecule has 2 fully saturated rings. The predicted octanol–water partition coefficient (Wildman–Crippen LogP) is 4.49. The van der Waals surface area contributed by atoms with Crippen LogP contribution in [0.1, 0.15) is 50.7 Å². The first-order valence-electron chi connectivity index (χ1n) is 7.20. The van der Waals surface area contributed by atoms with Crippen molar-refractivity contribution < 1.29 is 5.11 Å². The lowest BCUT2D eigenvalue weighted by Crippen LogP contribution is -2.32. The van der Waals surface area contributed by atoms with E-state index >= 15 is 0 Å². The van der Waals surface area contributed by atoms with Crippen molar-refractivity contribution in [3.63, 3.8) is 0 Å². The summed E-state index contributed by atoms with van der Waals surface area (Å²) in [6.45, 7) is 9.29. The molecule has 0 spiro atoms. The summed E-state index contributed by atoms with van der Waals surface area (Å²) in [5.41, 5.74) is 2.82. The molecule has 1 aromatic rings. The predicted molar refractivity (Wildman–Crippen MR) is 74.7 cm³/mol. The lowest BCUT2D eigenvalue weighted by molar-refractivity contribution is 0.121. The molecule has 4 atom stereocenters. The molecule has 0 unspecified atom stereocenters. The Kier molecular flexibility index (Phi) is 2.52. The van der Waals surface area contributed by atoms with Gasteiger partial charge in [-0.25, -0.2) is 0 Å². The van der Waals surface area contributed by atoms with Gasteiger partial charge in [-0.15, -0.1) is 0 Å². The summed E-state index contributed by atoms with van der Waals surface area (Å²) in [7, 11) is 0. The second kappa shape index (κ2) is 3.76. The molecular weight excluding hydrogens is 220 g/mol. The third-order valence-corrected chi connectivity index (χ3v) is 6.07. The van der Waals surface area contributed by atoms with E-state index in [0.717, 1.165) is 23.3 Å². The van der Waals surface area contributed by atoms with E-state index in [9.17, 15) is 5.11 Å². The number of benzene rings is 1. The lowest BCUT2D eigenvalue weighted by atomic mass is 9.65. The average molecular weight is 244 g/mol. The van der Waals surface area contributed by atoms with Gasteiger partial charge in [-0.2, -0.15) is 0 Å². The van der Waals surface area contributed by atoms with Crippen LogP contribution in [0.25, 0.3) is 0 Å².